The van der Waals surface area contributed by atoms with E-state index in [0.29, 0.717) is 24.2 Å². The Hall–Kier alpha value is -2.47. The van der Waals surface area contributed by atoms with Crippen molar-refractivity contribution in [3.05, 3.63) is 53.9 Å². The van der Waals surface area contributed by atoms with E-state index in [1.165, 1.54) is 5.56 Å². The van der Waals surface area contributed by atoms with E-state index in [1.807, 2.05) is 12.4 Å². The lowest BCUT2D eigenvalue weighted by Crippen LogP contribution is -2.32. The molecule has 1 N–H and O–H groups in total. The first kappa shape index (κ1) is 16.0. The second-order valence-electron chi connectivity index (χ2n) is 6.59. The Labute approximate surface area is 147 Å². The maximum absolute atomic E-state index is 5.46. The van der Waals surface area contributed by atoms with E-state index in [2.05, 4.69) is 56.2 Å². The molecule has 0 amide bonds. The molecule has 1 aliphatic rings. The number of rotatable bonds is 5. The van der Waals surface area contributed by atoms with Gasteiger partial charge in [0, 0.05) is 23.9 Å². The molecule has 0 unspecified atom stereocenters. The molecule has 0 spiro atoms. The molecule has 4 rings (SSSR count). The second-order valence-corrected chi connectivity index (χ2v) is 6.59. The van der Waals surface area contributed by atoms with Gasteiger partial charge in [0.15, 0.2) is 0 Å². The fraction of sp³-hybridized carbons (Fsp3) is 0.421. The van der Waals surface area contributed by atoms with Gasteiger partial charge >= 0.3 is 0 Å². The van der Waals surface area contributed by atoms with Gasteiger partial charge in [-0.05, 0) is 37.9 Å². The summed E-state index contributed by atoms with van der Waals surface area (Å²) in [6, 6.07) is 8.35. The van der Waals surface area contributed by atoms with Crippen LogP contribution < -0.4 is 0 Å². The number of hydrogen-bond donors (Lipinski definition) is 1. The highest BCUT2D eigenvalue weighted by Gasteiger charge is 2.23. The van der Waals surface area contributed by atoms with Crippen molar-refractivity contribution >= 4 is 0 Å². The van der Waals surface area contributed by atoms with E-state index >= 15 is 0 Å². The van der Waals surface area contributed by atoms with Gasteiger partial charge < -0.3 is 9.51 Å². The number of hydrogen-bond acceptors (Lipinski definition) is 5. The van der Waals surface area contributed by atoms with Crippen molar-refractivity contribution in [2.45, 2.75) is 38.6 Å². The van der Waals surface area contributed by atoms with Crippen molar-refractivity contribution in [1.82, 2.24) is 25.0 Å². The highest BCUT2D eigenvalue weighted by Crippen LogP contribution is 2.26. The number of imidazole rings is 1. The van der Waals surface area contributed by atoms with Crippen LogP contribution in [0.1, 0.15) is 43.0 Å². The predicted molar refractivity (Wildman–Crippen MR) is 95.0 cm³/mol. The summed E-state index contributed by atoms with van der Waals surface area (Å²) in [4.78, 5) is 14.5. The number of H-pyrrole nitrogens is 1. The minimum Gasteiger partial charge on any atom is -0.348 e. The van der Waals surface area contributed by atoms with Gasteiger partial charge in [-0.25, -0.2) is 4.98 Å². The van der Waals surface area contributed by atoms with Crippen LogP contribution in [0.5, 0.6) is 0 Å². The third-order valence-electron chi connectivity index (χ3n) is 4.94. The molecule has 0 saturated carbocycles. The number of aryl methyl sites for hydroxylation is 1. The van der Waals surface area contributed by atoms with Crippen molar-refractivity contribution in [1.29, 1.82) is 0 Å². The monoisotopic (exact) mass is 337 g/mol. The molecule has 1 aliphatic heterocycles. The molecule has 25 heavy (non-hydrogen) atoms. The smallest absolute Gasteiger partial charge is 0.241 e. The fourth-order valence-corrected chi connectivity index (χ4v) is 3.38. The number of benzene rings is 1. The third-order valence-corrected chi connectivity index (χ3v) is 4.94. The molecule has 2 aromatic heterocycles. The molecule has 6 nitrogen and oxygen atoms in total. The van der Waals surface area contributed by atoms with Gasteiger partial charge in [0.2, 0.25) is 11.7 Å². The topological polar surface area (TPSA) is 70.8 Å². The lowest BCUT2D eigenvalue weighted by molar-refractivity contribution is 0.179. The summed E-state index contributed by atoms with van der Waals surface area (Å²) >= 11 is 0. The zero-order valence-electron chi connectivity index (χ0n) is 14.5. The molecular formula is C19H23N5O. The van der Waals surface area contributed by atoms with Crippen LogP contribution in [0.25, 0.3) is 11.4 Å². The zero-order chi connectivity index (χ0) is 17.1. The van der Waals surface area contributed by atoms with E-state index in [1.54, 1.807) is 0 Å². The van der Waals surface area contributed by atoms with E-state index in [-0.39, 0.29) is 0 Å². The first-order valence-electron chi connectivity index (χ1n) is 8.95. The number of likely N-dealkylation sites (tertiary alicyclic amines) is 1. The molecule has 1 saturated heterocycles. The van der Waals surface area contributed by atoms with Crippen molar-refractivity contribution in [2.75, 3.05) is 13.1 Å². The molecular weight excluding hydrogens is 314 g/mol. The summed E-state index contributed by atoms with van der Waals surface area (Å²) in [6.45, 7) is 4.91. The van der Waals surface area contributed by atoms with Crippen LogP contribution in [-0.2, 0) is 13.0 Å². The maximum Gasteiger partial charge on any atom is 0.241 e. The minimum absolute atomic E-state index is 0.529. The lowest BCUT2D eigenvalue weighted by atomic mass is 9.96. The number of piperidine rings is 1. The van der Waals surface area contributed by atoms with Gasteiger partial charge in [-0.1, -0.05) is 36.3 Å². The van der Waals surface area contributed by atoms with Gasteiger partial charge in [-0.15, -0.1) is 0 Å². The summed E-state index contributed by atoms with van der Waals surface area (Å²) in [5.41, 5.74) is 2.32. The number of aromatic nitrogens is 4. The number of aromatic amines is 1. The van der Waals surface area contributed by atoms with Crippen molar-refractivity contribution < 1.29 is 4.52 Å². The van der Waals surface area contributed by atoms with Crippen molar-refractivity contribution in [3.63, 3.8) is 0 Å². The highest BCUT2D eigenvalue weighted by atomic mass is 16.5. The van der Waals surface area contributed by atoms with E-state index in [4.69, 9.17) is 4.52 Å². The molecule has 3 aromatic rings. The van der Waals surface area contributed by atoms with E-state index < -0.39 is 0 Å². The van der Waals surface area contributed by atoms with Crippen molar-refractivity contribution in [3.8, 4) is 11.4 Å². The molecule has 0 aliphatic carbocycles. The molecule has 3 heterocycles. The first-order chi connectivity index (χ1) is 12.3. The Bertz CT molecular complexity index is 786. The molecule has 1 fully saturated rings. The highest BCUT2D eigenvalue weighted by molar-refractivity contribution is 5.54. The van der Waals surface area contributed by atoms with Gasteiger partial charge in [-0.3, -0.25) is 4.90 Å². The molecule has 1 aromatic carbocycles. The van der Waals surface area contributed by atoms with Crippen LogP contribution in [0.2, 0.25) is 0 Å². The number of nitrogens with one attached hydrogen (secondary N) is 1. The fourth-order valence-electron chi connectivity index (χ4n) is 3.38. The summed E-state index contributed by atoms with van der Waals surface area (Å²) in [5.74, 6) is 2.99. The van der Waals surface area contributed by atoms with E-state index in [0.717, 1.165) is 43.7 Å². The Morgan fingerprint density at radius 2 is 2.00 bits per heavy atom. The average Bonchev–Trinajstić information content (AvgIpc) is 3.35. The molecule has 130 valence electrons. The van der Waals surface area contributed by atoms with Crippen LogP contribution in [0.4, 0.5) is 0 Å². The third kappa shape index (κ3) is 3.64. The molecule has 6 heteroatoms. The van der Waals surface area contributed by atoms with Gasteiger partial charge in [0.1, 0.15) is 5.82 Å². The molecule has 0 atom stereocenters. The number of nitrogens with zero attached hydrogens (tertiary/aromatic N) is 4. The minimum atomic E-state index is 0.529. The van der Waals surface area contributed by atoms with Crippen molar-refractivity contribution in [2.24, 2.45) is 0 Å². The summed E-state index contributed by atoms with van der Waals surface area (Å²) in [5, 5.41) is 4.14. The Kier molecular flexibility index (Phi) is 4.61. The summed E-state index contributed by atoms with van der Waals surface area (Å²) < 4.78 is 5.46. The van der Waals surface area contributed by atoms with Crippen LogP contribution in [0.15, 0.2) is 41.2 Å². The average molecular weight is 337 g/mol. The van der Waals surface area contributed by atoms with Crippen LogP contribution in [0, 0.1) is 0 Å². The van der Waals surface area contributed by atoms with E-state index in [9.17, 15) is 0 Å². The largest absolute Gasteiger partial charge is 0.348 e. The van der Waals surface area contributed by atoms with Crippen LogP contribution in [-0.4, -0.2) is 38.1 Å². The predicted octanol–water partition coefficient (Wildman–Crippen LogP) is 3.40. The SMILES string of the molecule is CCc1ccc(-c2noc(CN3CCC(c4ncc[nH]4)CC3)n2)cc1. The first-order valence-corrected chi connectivity index (χ1v) is 8.95. The second kappa shape index (κ2) is 7.19. The quantitative estimate of drug-likeness (QED) is 0.772. The molecule has 0 radical (unpaired) electrons. The Morgan fingerprint density at radius 1 is 1.20 bits per heavy atom. The Morgan fingerprint density at radius 3 is 2.68 bits per heavy atom. The lowest BCUT2D eigenvalue weighted by Gasteiger charge is -2.29. The van der Waals surface area contributed by atoms with Crippen LogP contribution >= 0.6 is 0 Å². The normalized spacial score (nSPS) is 16.4. The van der Waals surface area contributed by atoms with Gasteiger partial charge in [0.05, 0.1) is 6.54 Å². The summed E-state index contributed by atoms with van der Waals surface area (Å²) in [6.07, 6.45) is 6.97. The summed E-state index contributed by atoms with van der Waals surface area (Å²) in [7, 11) is 0. The standard InChI is InChI=1S/C19H23N5O/c1-2-14-3-5-15(6-4-14)19-22-17(25-23-19)13-24-11-7-16(8-12-24)18-20-9-10-21-18/h3-6,9-10,16H,2,7-8,11-13H2,1H3,(H,20,21). The van der Waals surface area contributed by atoms with Gasteiger partial charge in [0.25, 0.3) is 0 Å². The molecule has 0 bridgehead atoms. The Balaban J connectivity index is 1.35. The van der Waals surface area contributed by atoms with Crippen LogP contribution in [0.3, 0.4) is 0 Å². The van der Waals surface area contributed by atoms with Gasteiger partial charge in [-0.2, -0.15) is 4.98 Å². The maximum atomic E-state index is 5.46. The zero-order valence-corrected chi connectivity index (χ0v) is 14.5.